The number of nitrogen functional groups attached to an aromatic ring is 1. The molecule has 7 heteroatoms. The van der Waals surface area contributed by atoms with Crippen LogP contribution in [0.4, 0.5) is 5.69 Å². The predicted molar refractivity (Wildman–Crippen MR) is 88.2 cm³/mol. The van der Waals surface area contributed by atoms with Crippen LogP contribution in [0.2, 0.25) is 0 Å². The quantitative estimate of drug-likeness (QED) is 0.746. The zero-order valence-electron chi connectivity index (χ0n) is 12.0. The Balaban J connectivity index is 1.69. The van der Waals surface area contributed by atoms with Crippen molar-refractivity contribution in [3.05, 3.63) is 24.3 Å². The molecular weight excluding hydrogens is 308 g/mol. The minimum absolute atomic E-state index is 0.0330. The van der Waals surface area contributed by atoms with E-state index in [1.165, 1.54) is 12.8 Å². The van der Waals surface area contributed by atoms with Crippen molar-refractivity contribution in [2.45, 2.75) is 24.5 Å². The van der Waals surface area contributed by atoms with Gasteiger partial charge in [-0.15, -0.1) is 0 Å². The fourth-order valence-electron chi connectivity index (χ4n) is 2.09. The van der Waals surface area contributed by atoms with Crippen LogP contribution in [0.1, 0.15) is 19.3 Å². The van der Waals surface area contributed by atoms with Gasteiger partial charge in [-0.2, -0.15) is 11.8 Å². The van der Waals surface area contributed by atoms with Crippen molar-refractivity contribution in [3.8, 4) is 5.75 Å². The Hall–Kier alpha value is -0.920. The number of hydrogen-bond donors (Lipinski definition) is 2. The highest BCUT2D eigenvalue weighted by atomic mass is 32.2. The Morgan fingerprint density at radius 3 is 2.71 bits per heavy atom. The molecule has 21 heavy (non-hydrogen) atoms. The van der Waals surface area contributed by atoms with E-state index in [0.29, 0.717) is 23.2 Å². The van der Waals surface area contributed by atoms with Gasteiger partial charge in [-0.1, -0.05) is 6.42 Å². The molecule has 1 fully saturated rings. The minimum atomic E-state index is -3.27. The summed E-state index contributed by atoms with van der Waals surface area (Å²) in [6.07, 6.45) is 3.53. The van der Waals surface area contributed by atoms with E-state index >= 15 is 0 Å². The Labute approximate surface area is 130 Å². The van der Waals surface area contributed by atoms with Crippen molar-refractivity contribution < 1.29 is 13.2 Å². The van der Waals surface area contributed by atoms with Crippen LogP contribution in [0, 0.1) is 0 Å². The molecule has 1 aliphatic heterocycles. The van der Waals surface area contributed by atoms with Gasteiger partial charge in [-0.05, 0) is 42.9 Å². The lowest BCUT2D eigenvalue weighted by Crippen LogP contribution is -2.34. The molecule has 0 radical (unpaired) electrons. The van der Waals surface area contributed by atoms with Crippen molar-refractivity contribution >= 4 is 27.5 Å². The Morgan fingerprint density at radius 1 is 1.29 bits per heavy atom. The van der Waals surface area contributed by atoms with E-state index in [0.717, 1.165) is 12.2 Å². The minimum Gasteiger partial charge on any atom is -0.492 e. The van der Waals surface area contributed by atoms with Gasteiger partial charge in [0.2, 0.25) is 10.0 Å². The molecule has 0 aliphatic carbocycles. The molecule has 0 bridgehead atoms. The summed E-state index contributed by atoms with van der Waals surface area (Å²) in [6.45, 7) is 0.659. The molecule has 1 atom stereocenters. The standard InChI is InChI=1S/C14H22N2O3S2/c15-12-4-6-13(7-5-12)19-8-10-21(17,18)16-11-14-3-1-2-9-20-14/h4-7,14,16H,1-3,8-11,15H2. The van der Waals surface area contributed by atoms with Crippen molar-refractivity contribution in [1.82, 2.24) is 4.72 Å². The lowest BCUT2D eigenvalue weighted by molar-refractivity contribution is 0.340. The van der Waals surface area contributed by atoms with E-state index in [2.05, 4.69) is 4.72 Å². The molecule has 0 aromatic heterocycles. The summed E-state index contributed by atoms with van der Waals surface area (Å²) < 4.78 is 31.9. The maximum atomic E-state index is 11.9. The zero-order chi connectivity index (χ0) is 15.1. The first-order valence-corrected chi connectivity index (χ1v) is 9.82. The Kier molecular flexibility index (Phi) is 6.20. The van der Waals surface area contributed by atoms with Crippen molar-refractivity contribution in [1.29, 1.82) is 0 Å². The molecule has 0 spiro atoms. The van der Waals surface area contributed by atoms with Gasteiger partial charge in [-0.3, -0.25) is 0 Å². The summed E-state index contributed by atoms with van der Waals surface area (Å²) >= 11 is 1.86. The number of ether oxygens (including phenoxy) is 1. The lowest BCUT2D eigenvalue weighted by Gasteiger charge is -2.21. The highest BCUT2D eigenvalue weighted by Gasteiger charge is 2.17. The summed E-state index contributed by atoms with van der Waals surface area (Å²) in [5.74, 6) is 1.73. The fraction of sp³-hybridized carbons (Fsp3) is 0.571. The monoisotopic (exact) mass is 330 g/mol. The number of anilines is 1. The van der Waals surface area contributed by atoms with E-state index in [1.54, 1.807) is 24.3 Å². The number of sulfonamides is 1. The van der Waals surface area contributed by atoms with Crippen LogP contribution < -0.4 is 15.2 Å². The van der Waals surface area contributed by atoms with Crippen LogP contribution in [0.25, 0.3) is 0 Å². The Bertz CT molecular complexity index is 526. The van der Waals surface area contributed by atoms with Gasteiger partial charge in [0.15, 0.2) is 0 Å². The van der Waals surface area contributed by atoms with Gasteiger partial charge >= 0.3 is 0 Å². The normalized spacial score (nSPS) is 19.3. The first-order valence-electron chi connectivity index (χ1n) is 7.12. The average Bonchev–Trinajstić information content (AvgIpc) is 2.48. The largest absolute Gasteiger partial charge is 0.492 e. The van der Waals surface area contributed by atoms with E-state index in [1.807, 2.05) is 11.8 Å². The van der Waals surface area contributed by atoms with Gasteiger partial charge in [0, 0.05) is 17.5 Å². The summed E-state index contributed by atoms with van der Waals surface area (Å²) in [6, 6.07) is 6.91. The average molecular weight is 330 g/mol. The van der Waals surface area contributed by atoms with Crippen molar-refractivity contribution in [2.24, 2.45) is 0 Å². The molecule has 5 nitrogen and oxygen atoms in total. The topological polar surface area (TPSA) is 81.4 Å². The van der Waals surface area contributed by atoms with Crippen molar-refractivity contribution in [3.63, 3.8) is 0 Å². The van der Waals surface area contributed by atoms with E-state index < -0.39 is 10.0 Å². The summed E-state index contributed by atoms with van der Waals surface area (Å²) in [7, 11) is -3.27. The molecule has 118 valence electrons. The third-order valence-corrected chi connectivity index (χ3v) is 6.01. The van der Waals surface area contributed by atoms with Crippen LogP contribution in [-0.4, -0.2) is 38.3 Å². The zero-order valence-corrected chi connectivity index (χ0v) is 13.6. The van der Waals surface area contributed by atoms with E-state index in [9.17, 15) is 8.42 Å². The highest BCUT2D eigenvalue weighted by molar-refractivity contribution is 8.00. The first-order chi connectivity index (χ1) is 10.1. The van der Waals surface area contributed by atoms with E-state index in [-0.39, 0.29) is 12.4 Å². The van der Waals surface area contributed by atoms with Gasteiger partial charge in [0.25, 0.3) is 0 Å². The third-order valence-electron chi connectivity index (χ3n) is 3.31. The summed E-state index contributed by atoms with van der Waals surface area (Å²) in [5.41, 5.74) is 6.23. The fourth-order valence-corrected chi connectivity index (χ4v) is 4.34. The summed E-state index contributed by atoms with van der Waals surface area (Å²) in [5, 5.41) is 0.409. The van der Waals surface area contributed by atoms with E-state index in [4.69, 9.17) is 10.5 Å². The molecule has 1 aromatic rings. The molecule has 1 unspecified atom stereocenters. The molecule has 1 aromatic carbocycles. The van der Waals surface area contributed by atoms with Crippen LogP contribution in [0.5, 0.6) is 5.75 Å². The second-order valence-electron chi connectivity index (χ2n) is 5.07. The van der Waals surface area contributed by atoms with Crippen LogP contribution in [0.3, 0.4) is 0 Å². The molecular formula is C14H22N2O3S2. The maximum Gasteiger partial charge on any atom is 0.214 e. The van der Waals surface area contributed by atoms with Gasteiger partial charge in [0.05, 0.1) is 5.75 Å². The third kappa shape index (κ3) is 6.15. The predicted octanol–water partition coefficient (Wildman–Crippen LogP) is 1.85. The molecule has 1 aliphatic rings. The number of hydrogen-bond acceptors (Lipinski definition) is 5. The summed E-state index contributed by atoms with van der Waals surface area (Å²) in [4.78, 5) is 0. The number of benzene rings is 1. The smallest absolute Gasteiger partial charge is 0.214 e. The van der Waals surface area contributed by atoms with Gasteiger partial charge in [-0.25, -0.2) is 13.1 Å². The number of rotatable bonds is 7. The first kappa shape index (κ1) is 16.5. The molecule has 0 amide bonds. The lowest BCUT2D eigenvalue weighted by atomic mass is 10.2. The van der Waals surface area contributed by atoms with Crippen LogP contribution in [-0.2, 0) is 10.0 Å². The second-order valence-corrected chi connectivity index (χ2v) is 8.41. The molecule has 3 N–H and O–H groups in total. The number of nitrogens with one attached hydrogen (secondary N) is 1. The maximum absolute atomic E-state index is 11.9. The number of nitrogens with two attached hydrogens (primary N) is 1. The SMILES string of the molecule is Nc1ccc(OCCS(=O)(=O)NCC2CCCCS2)cc1. The highest BCUT2D eigenvalue weighted by Crippen LogP contribution is 2.24. The number of thioether (sulfide) groups is 1. The molecule has 2 rings (SSSR count). The van der Waals surface area contributed by atoms with Gasteiger partial charge < -0.3 is 10.5 Å². The molecule has 0 saturated carbocycles. The molecule has 1 saturated heterocycles. The van der Waals surface area contributed by atoms with Gasteiger partial charge in [0.1, 0.15) is 12.4 Å². The Morgan fingerprint density at radius 2 is 2.05 bits per heavy atom. The van der Waals surface area contributed by atoms with Crippen LogP contribution in [0.15, 0.2) is 24.3 Å². The second kappa shape index (κ2) is 7.91. The molecule has 1 heterocycles. The van der Waals surface area contributed by atoms with Crippen LogP contribution >= 0.6 is 11.8 Å². The van der Waals surface area contributed by atoms with Crippen molar-refractivity contribution in [2.75, 3.05) is 30.4 Å².